The molecule has 3 aliphatic heterocycles. The quantitative estimate of drug-likeness (QED) is 0.908. The lowest BCUT2D eigenvalue weighted by Crippen LogP contribution is -2.59. The molecule has 2 bridgehead atoms. The van der Waals surface area contributed by atoms with E-state index >= 15 is 0 Å². The van der Waals surface area contributed by atoms with Crippen molar-refractivity contribution in [1.29, 1.82) is 5.26 Å². The Morgan fingerprint density at radius 2 is 2.15 bits per heavy atom. The van der Waals surface area contributed by atoms with Gasteiger partial charge < -0.3 is 15.1 Å². The summed E-state index contributed by atoms with van der Waals surface area (Å²) < 4.78 is 0. The van der Waals surface area contributed by atoms with E-state index in [9.17, 15) is 4.79 Å². The van der Waals surface area contributed by atoms with Crippen LogP contribution in [-0.4, -0.2) is 46.5 Å². The van der Waals surface area contributed by atoms with Crippen molar-refractivity contribution in [3.8, 4) is 6.07 Å². The molecule has 0 saturated carbocycles. The Morgan fingerprint density at radius 3 is 2.81 bits per heavy atom. The molecule has 1 N–H and O–H groups in total. The molecule has 0 radical (unpaired) electrons. The maximum absolute atomic E-state index is 13.2. The number of nitrogens with zero attached hydrogens (tertiary/aromatic N) is 4. The molecule has 6 heteroatoms. The van der Waals surface area contributed by atoms with Crippen LogP contribution in [0.1, 0.15) is 24.0 Å². The van der Waals surface area contributed by atoms with E-state index in [0.29, 0.717) is 23.7 Å². The average Bonchev–Trinajstić information content (AvgIpc) is 2.73. The third-order valence-electron chi connectivity index (χ3n) is 5.60. The second-order valence-electron chi connectivity index (χ2n) is 7.32. The number of amides is 2. The van der Waals surface area contributed by atoms with E-state index < -0.39 is 0 Å². The molecular formula is C21H23N5O. The Kier molecular flexibility index (Phi) is 5.03. The molecule has 0 aliphatic carbocycles. The van der Waals surface area contributed by atoms with Crippen LogP contribution >= 0.6 is 0 Å². The molecule has 1 unspecified atom stereocenters. The van der Waals surface area contributed by atoms with E-state index in [1.54, 1.807) is 24.4 Å². The maximum atomic E-state index is 13.2. The first kappa shape index (κ1) is 17.5. The van der Waals surface area contributed by atoms with Crippen molar-refractivity contribution < 1.29 is 4.79 Å². The van der Waals surface area contributed by atoms with Crippen molar-refractivity contribution in [2.45, 2.75) is 25.4 Å². The van der Waals surface area contributed by atoms with Crippen LogP contribution in [-0.2, 0) is 6.54 Å². The Labute approximate surface area is 159 Å². The molecule has 4 heterocycles. The summed E-state index contributed by atoms with van der Waals surface area (Å²) in [6.07, 6.45) is 5.85. The van der Waals surface area contributed by atoms with Crippen molar-refractivity contribution in [2.24, 2.45) is 5.92 Å². The number of carbonyl (C=O) groups is 1. The first-order valence-electron chi connectivity index (χ1n) is 9.42. The Morgan fingerprint density at radius 1 is 1.30 bits per heavy atom. The largest absolute Gasteiger partial charge is 0.322 e. The van der Waals surface area contributed by atoms with Crippen molar-refractivity contribution in [1.82, 2.24) is 14.8 Å². The highest BCUT2D eigenvalue weighted by Crippen LogP contribution is 2.32. The van der Waals surface area contributed by atoms with Gasteiger partial charge in [-0.25, -0.2) is 4.79 Å². The number of hydrogen-bond acceptors (Lipinski definition) is 4. The molecule has 3 saturated heterocycles. The fraction of sp³-hybridized carbons (Fsp3) is 0.381. The van der Waals surface area contributed by atoms with Crippen molar-refractivity contribution in [3.63, 3.8) is 0 Å². The summed E-state index contributed by atoms with van der Waals surface area (Å²) in [6, 6.07) is 13.1. The Bertz CT molecular complexity index is 839. The molecule has 0 spiro atoms. The number of nitriles is 1. The molecule has 3 fully saturated rings. The molecule has 2 amide bonds. The Hall–Kier alpha value is -2.91. The third kappa shape index (κ3) is 3.93. The summed E-state index contributed by atoms with van der Waals surface area (Å²) in [7, 11) is 0. The minimum absolute atomic E-state index is 0.118. The van der Waals surface area contributed by atoms with Gasteiger partial charge in [0.25, 0.3) is 0 Å². The molecule has 5 rings (SSSR count). The van der Waals surface area contributed by atoms with Crippen LogP contribution in [0.5, 0.6) is 0 Å². The Balaban J connectivity index is 1.56. The van der Waals surface area contributed by atoms with E-state index in [2.05, 4.69) is 21.3 Å². The average molecular weight is 361 g/mol. The van der Waals surface area contributed by atoms with Crippen LogP contribution in [0.4, 0.5) is 10.5 Å². The number of urea groups is 1. The van der Waals surface area contributed by atoms with Gasteiger partial charge in [-0.05, 0) is 61.7 Å². The van der Waals surface area contributed by atoms with Gasteiger partial charge in [-0.3, -0.25) is 4.98 Å². The monoisotopic (exact) mass is 361 g/mol. The van der Waals surface area contributed by atoms with Gasteiger partial charge in [-0.2, -0.15) is 5.26 Å². The van der Waals surface area contributed by atoms with Gasteiger partial charge in [0.1, 0.15) is 0 Å². The van der Waals surface area contributed by atoms with Crippen LogP contribution in [0.25, 0.3) is 0 Å². The zero-order valence-electron chi connectivity index (χ0n) is 15.2. The van der Waals surface area contributed by atoms with Gasteiger partial charge in [0.2, 0.25) is 0 Å². The van der Waals surface area contributed by atoms with Gasteiger partial charge >= 0.3 is 6.03 Å². The fourth-order valence-electron chi connectivity index (χ4n) is 4.18. The molecule has 2 aromatic rings. The molecular weight excluding hydrogens is 338 g/mol. The highest BCUT2D eigenvalue weighted by Gasteiger charge is 2.39. The smallest absolute Gasteiger partial charge is 0.316 e. The molecule has 27 heavy (non-hydrogen) atoms. The lowest BCUT2D eigenvalue weighted by atomic mass is 9.83. The van der Waals surface area contributed by atoms with Crippen LogP contribution in [0.15, 0.2) is 48.8 Å². The number of pyridine rings is 1. The number of piperidine rings is 3. The summed E-state index contributed by atoms with van der Waals surface area (Å²) >= 11 is 0. The van der Waals surface area contributed by atoms with E-state index in [-0.39, 0.29) is 12.1 Å². The maximum Gasteiger partial charge on any atom is 0.322 e. The van der Waals surface area contributed by atoms with E-state index in [1.165, 1.54) is 0 Å². The molecule has 3 aliphatic rings. The molecule has 1 aromatic carbocycles. The predicted octanol–water partition coefficient (Wildman–Crippen LogP) is 3.08. The van der Waals surface area contributed by atoms with E-state index in [1.807, 2.05) is 29.3 Å². The number of fused-ring (bicyclic) bond motifs is 3. The minimum Gasteiger partial charge on any atom is -0.316 e. The highest BCUT2D eigenvalue weighted by molar-refractivity contribution is 5.89. The van der Waals surface area contributed by atoms with E-state index in [0.717, 1.165) is 38.0 Å². The van der Waals surface area contributed by atoms with Crippen molar-refractivity contribution in [2.75, 3.05) is 25.0 Å². The van der Waals surface area contributed by atoms with Crippen LogP contribution < -0.4 is 5.32 Å². The van der Waals surface area contributed by atoms with E-state index in [4.69, 9.17) is 5.26 Å². The fourth-order valence-corrected chi connectivity index (χ4v) is 4.18. The predicted molar refractivity (Wildman–Crippen MR) is 103 cm³/mol. The molecule has 138 valence electrons. The number of nitrogens with one attached hydrogen (secondary N) is 1. The zero-order chi connectivity index (χ0) is 18.6. The number of rotatable bonds is 4. The number of hydrogen-bond donors (Lipinski definition) is 1. The number of aromatic nitrogens is 1. The second kappa shape index (κ2) is 7.77. The first-order chi connectivity index (χ1) is 13.2. The SMILES string of the molecule is N#Cc1cccc(NC(=O)N(Cc2cccnc2)C2CN3CCC2CC3)c1. The summed E-state index contributed by atoms with van der Waals surface area (Å²) in [6.45, 7) is 3.73. The molecule has 1 atom stereocenters. The summed E-state index contributed by atoms with van der Waals surface area (Å²) in [5, 5.41) is 12.1. The molecule has 1 aromatic heterocycles. The van der Waals surface area contributed by atoms with Gasteiger partial charge in [0.15, 0.2) is 0 Å². The standard InChI is InChI=1S/C21H23N5O/c22-12-16-3-1-5-19(11-16)24-21(27)26(14-17-4-2-8-23-13-17)20-15-25-9-6-18(20)7-10-25/h1-5,8,11,13,18,20H,6-7,9-10,14-15H2,(H,24,27). The van der Waals surface area contributed by atoms with Gasteiger partial charge in [-0.15, -0.1) is 0 Å². The lowest BCUT2D eigenvalue weighted by molar-refractivity contribution is 0.0218. The van der Waals surface area contributed by atoms with Crippen molar-refractivity contribution >= 4 is 11.7 Å². The third-order valence-corrected chi connectivity index (χ3v) is 5.60. The topological polar surface area (TPSA) is 72.3 Å². The number of anilines is 1. The van der Waals surface area contributed by atoms with Crippen LogP contribution in [0, 0.1) is 17.2 Å². The summed E-state index contributed by atoms with van der Waals surface area (Å²) in [5.41, 5.74) is 2.21. The molecule has 6 nitrogen and oxygen atoms in total. The highest BCUT2D eigenvalue weighted by atomic mass is 16.2. The van der Waals surface area contributed by atoms with Gasteiger partial charge in [0, 0.05) is 37.2 Å². The van der Waals surface area contributed by atoms with Gasteiger partial charge in [-0.1, -0.05) is 12.1 Å². The normalized spacial score (nSPS) is 23.4. The minimum atomic E-state index is -0.118. The summed E-state index contributed by atoms with van der Waals surface area (Å²) in [4.78, 5) is 21.8. The first-order valence-corrected chi connectivity index (χ1v) is 9.42. The van der Waals surface area contributed by atoms with Crippen molar-refractivity contribution in [3.05, 3.63) is 59.9 Å². The van der Waals surface area contributed by atoms with Gasteiger partial charge in [0.05, 0.1) is 11.6 Å². The van der Waals surface area contributed by atoms with Crippen LogP contribution in [0.3, 0.4) is 0 Å². The second-order valence-corrected chi connectivity index (χ2v) is 7.32. The summed E-state index contributed by atoms with van der Waals surface area (Å²) in [5.74, 6) is 0.544. The lowest BCUT2D eigenvalue weighted by Gasteiger charge is -2.49. The van der Waals surface area contributed by atoms with Crippen LogP contribution in [0.2, 0.25) is 0 Å². The zero-order valence-corrected chi connectivity index (χ0v) is 15.2. The number of benzene rings is 1. The number of carbonyl (C=O) groups excluding carboxylic acids is 1.